The van der Waals surface area contributed by atoms with Gasteiger partial charge in [0.25, 0.3) is 0 Å². The van der Waals surface area contributed by atoms with Gasteiger partial charge in [-0.1, -0.05) is 115 Å². The molecular formula is C49H31N3O. The van der Waals surface area contributed by atoms with Gasteiger partial charge in [0, 0.05) is 43.7 Å². The zero-order valence-electron chi connectivity index (χ0n) is 28.9. The first-order valence-electron chi connectivity index (χ1n) is 18.0. The summed E-state index contributed by atoms with van der Waals surface area (Å²) in [7, 11) is 0. The van der Waals surface area contributed by atoms with E-state index >= 15 is 0 Å². The van der Waals surface area contributed by atoms with Gasteiger partial charge in [-0.05, 0) is 89.0 Å². The number of benzene rings is 8. The predicted molar refractivity (Wildman–Crippen MR) is 220 cm³/mol. The summed E-state index contributed by atoms with van der Waals surface area (Å²) in [5.41, 5.74) is 12.6. The Bertz CT molecular complexity index is 3240. The average molecular weight is 678 g/mol. The standard InChI is InChI=1S/C49H31N3O/c1-30-22-25-37(35-15-6-5-14-34(30)35)48-38-17-7-9-19-42(38)50-49(51-48)39-18-11-21-46-47(39)41-29-32(24-27-45(41)53-46)31-23-26-44-40(28-31)36-16-8-10-20-43(36)52(44)33-12-3-2-4-13-33/h2-29H,1H3. The lowest BCUT2D eigenvalue weighted by Gasteiger charge is -2.13. The van der Waals surface area contributed by atoms with E-state index in [-0.39, 0.29) is 0 Å². The molecule has 4 nitrogen and oxygen atoms in total. The Balaban J connectivity index is 1.11. The van der Waals surface area contributed by atoms with Gasteiger partial charge in [-0.2, -0.15) is 0 Å². The predicted octanol–water partition coefficient (Wildman–Crippen LogP) is 13.1. The van der Waals surface area contributed by atoms with Crippen LogP contribution in [0.25, 0.3) is 105 Å². The van der Waals surface area contributed by atoms with Gasteiger partial charge < -0.3 is 8.98 Å². The molecule has 4 heteroatoms. The van der Waals surface area contributed by atoms with Crippen LogP contribution < -0.4 is 0 Å². The molecule has 53 heavy (non-hydrogen) atoms. The molecule has 0 N–H and O–H groups in total. The second-order valence-corrected chi connectivity index (χ2v) is 13.8. The third-order valence-electron chi connectivity index (χ3n) is 10.8. The largest absolute Gasteiger partial charge is 0.456 e. The molecule has 0 radical (unpaired) electrons. The lowest BCUT2D eigenvalue weighted by atomic mass is 9.96. The quantitative estimate of drug-likeness (QED) is 0.186. The lowest BCUT2D eigenvalue weighted by Crippen LogP contribution is -1.96. The van der Waals surface area contributed by atoms with Crippen molar-refractivity contribution in [1.29, 1.82) is 0 Å². The number of aryl methyl sites for hydroxylation is 1. The third-order valence-corrected chi connectivity index (χ3v) is 10.8. The second-order valence-electron chi connectivity index (χ2n) is 13.8. The molecule has 0 atom stereocenters. The van der Waals surface area contributed by atoms with Gasteiger partial charge in [0.05, 0.1) is 22.2 Å². The zero-order valence-corrected chi connectivity index (χ0v) is 28.9. The van der Waals surface area contributed by atoms with Gasteiger partial charge in [0.15, 0.2) is 5.82 Å². The van der Waals surface area contributed by atoms with E-state index in [9.17, 15) is 0 Å². The monoisotopic (exact) mass is 677 g/mol. The molecule has 0 aliphatic rings. The van der Waals surface area contributed by atoms with Crippen molar-refractivity contribution in [2.24, 2.45) is 0 Å². The highest BCUT2D eigenvalue weighted by molar-refractivity contribution is 6.14. The minimum absolute atomic E-state index is 0.678. The number of hydrogen-bond donors (Lipinski definition) is 0. The Morgan fingerprint density at radius 3 is 2.02 bits per heavy atom. The van der Waals surface area contributed by atoms with Crippen molar-refractivity contribution in [3.05, 3.63) is 175 Å². The van der Waals surface area contributed by atoms with Crippen LogP contribution in [0.1, 0.15) is 5.56 Å². The van der Waals surface area contributed by atoms with E-state index in [2.05, 4.69) is 163 Å². The van der Waals surface area contributed by atoms with Crippen LogP contribution in [0, 0.1) is 6.92 Å². The topological polar surface area (TPSA) is 43.9 Å². The number of furan rings is 1. The number of rotatable bonds is 4. The highest BCUT2D eigenvalue weighted by atomic mass is 16.3. The van der Waals surface area contributed by atoms with Crippen LogP contribution in [0.4, 0.5) is 0 Å². The molecule has 3 heterocycles. The molecule has 0 amide bonds. The maximum absolute atomic E-state index is 6.50. The number of nitrogens with zero attached hydrogens (tertiary/aromatic N) is 3. The van der Waals surface area contributed by atoms with E-state index in [1.165, 1.54) is 38.1 Å². The first kappa shape index (κ1) is 29.7. The highest BCUT2D eigenvalue weighted by Gasteiger charge is 2.20. The SMILES string of the molecule is Cc1ccc(-c2nc(-c3cccc4oc5ccc(-c6ccc7c(c6)c6ccccc6n7-c6ccccc6)cc5c34)nc3ccccc23)c2ccccc12. The van der Waals surface area contributed by atoms with Crippen LogP contribution in [-0.2, 0) is 0 Å². The molecule has 0 fully saturated rings. The molecule has 8 aromatic carbocycles. The maximum Gasteiger partial charge on any atom is 0.161 e. The number of fused-ring (bicyclic) bond motifs is 8. The van der Waals surface area contributed by atoms with Gasteiger partial charge >= 0.3 is 0 Å². The Morgan fingerprint density at radius 1 is 0.453 bits per heavy atom. The summed E-state index contributed by atoms with van der Waals surface area (Å²) < 4.78 is 8.85. The first-order chi connectivity index (χ1) is 26.2. The van der Waals surface area contributed by atoms with Crippen molar-refractivity contribution in [1.82, 2.24) is 14.5 Å². The van der Waals surface area contributed by atoms with Crippen LogP contribution in [0.3, 0.4) is 0 Å². The van der Waals surface area contributed by atoms with E-state index in [1.54, 1.807) is 0 Å². The van der Waals surface area contributed by atoms with Gasteiger partial charge in [-0.3, -0.25) is 0 Å². The number of para-hydroxylation sites is 3. The van der Waals surface area contributed by atoms with Gasteiger partial charge in [-0.25, -0.2) is 9.97 Å². The van der Waals surface area contributed by atoms with Crippen LogP contribution in [-0.4, -0.2) is 14.5 Å². The number of hydrogen-bond acceptors (Lipinski definition) is 3. The van der Waals surface area contributed by atoms with Crippen molar-refractivity contribution in [3.8, 4) is 39.5 Å². The van der Waals surface area contributed by atoms with Crippen LogP contribution in [0.15, 0.2) is 174 Å². The summed E-state index contributed by atoms with van der Waals surface area (Å²) in [6.07, 6.45) is 0. The Kier molecular flexibility index (Phi) is 6.43. The molecular weight excluding hydrogens is 647 g/mol. The van der Waals surface area contributed by atoms with Gasteiger partial charge in [0.2, 0.25) is 0 Å². The second kappa shape index (κ2) is 11.5. The Morgan fingerprint density at radius 2 is 1.15 bits per heavy atom. The lowest BCUT2D eigenvalue weighted by molar-refractivity contribution is 0.669. The normalized spacial score (nSPS) is 11.9. The summed E-state index contributed by atoms with van der Waals surface area (Å²) in [6, 6.07) is 60.1. The first-order valence-corrected chi connectivity index (χ1v) is 18.0. The van der Waals surface area contributed by atoms with E-state index in [4.69, 9.17) is 14.4 Å². The molecule has 0 unspecified atom stereocenters. The molecule has 0 saturated carbocycles. The molecule has 248 valence electrons. The van der Waals surface area contributed by atoms with Crippen molar-refractivity contribution >= 4 is 65.4 Å². The van der Waals surface area contributed by atoms with E-state index in [0.29, 0.717) is 5.82 Å². The van der Waals surface area contributed by atoms with Gasteiger partial charge in [-0.15, -0.1) is 0 Å². The minimum atomic E-state index is 0.678. The number of aromatic nitrogens is 3. The summed E-state index contributed by atoms with van der Waals surface area (Å²) in [5, 5.41) is 7.95. The van der Waals surface area contributed by atoms with Crippen molar-refractivity contribution in [3.63, 3.8) is 0 Å². The summed E-state index contributed by atoms with van der Waals surface area (Å²) in [4.78, 5) is 10.6. The summed E-state index contributed by atoms with van der Waals surface area (Å²) in [5.74, 6) is 0.678. The van der Waals surface area contributed by atoms with E-state index in [1.807, 2.05) is 18.2 Å². The molecule has 0 aliphatic heterocycles. The maximum atomic E-state index is 6.50. The van der Waals surface area contributed by atoms with Crippen LogP contribution >= 0.6 is 0 Å². The molecule has 11 aromatic rings. The fraction of sp³-hybridized carbons (Fsp3) is 0.0204. The fourth-order valence-corrected chi connectivity index (χ4v) is 8.26. The van der Waals surface area contributed by atoms with E-state index < -0.39 is 0 Å². The fourth-order valence-electron chi connectivity index (χ4n) is 8.26. The van der Waals surface area contributed by atoms with Crippen LogP contribution in [0.5, 0.6) is 0 Å². The van der Waals surface area contributed by atoms with Gasteiger partial charge in [0.1, 0.15) is 11.2 Å². The highest BCUT2D eigenvalue weighted by Crippen LogP contribution is 2.41. The third kappa shape index (κ3) is 4.56. The van der Waals surface area contributed by atoms with Crippen LogP contribution in [0.2, 0.25) is 0 Å². The Labute approximate surface area is 305 Å². The minimum Gasteiger partial charge on any atom is -0.456 e. The average Bonchev–Trinajstić information content (AvgIpc) is 3.76. The zero-order chi connectivity index (χ0) is 35.0. The van der Waals surface area contributed by atoms with E-state index in [0.717, 1.165) is 66.5 Å². The molecule has 0 spiro atoms. The molecule has 0 bridgehead atoms. The summed E-state index contributed by atoms with van der Waals surface area (Å²) >= 11 is 0. The summed E-state index contributed by atoms with van der Waals surface area (Å²) in [6.45, 7) is 2.16. The molecule has 11 rings (SSSR count). The molecule has 0 saturated heterocycles. The smallest absolute Gasteiger partial charge is 0.161 e. The molecule has 3 aromatic heterocycles. The molecule has 0 aliphatic carbocycles. The van der Waals surface area contributed by atoms with Crippen molar-refractivity contribution < 1.29 is 4.42 Å². The Hall–Kier alpha value is -7.04. The van der Waals surface area contributed by atoms with Crippen molar-refractivity contribution in [2.75, 3.05) is 0 Å². The van der Waals surface area contributed by atoms with Crippen molar-refractivity contribution in [2.45, 2.75) is 6.92 Å².